The lowest BCUT2D eigenvalue weighted by molar-refractivity contribution is -0.126. The van der Waals surface area contributed by atoms with Crippen LogP contribution in [0.3, 0.4) is 0 Å². The monoisotopic (exact) mass is 387 g/mol. The number of rotatable bonds is 8. The Morgan fingerprint density at radius 3 is 2.67 bits per heavy atom. The number of carbonyl (C=O) groups excluding carboxylic acids is 1. The summed E-state index contributed by atoms with van der Waals surface area (Å²) in [6.07, 6.45) is 2.25. The molecule has 2 aromatic rings. The second kappa shape index (κ2) is 9.97. The van der Waals surface area contributed by atoms with Gasteiger partial charge in [-0.3, -0.25) is 9.69 Å². The highest BCUT2D eigenvalue weighted by molar-refractivity contribution is 7.11. The van der Waals surface area contributed by atoms with E-state index >= 15 is 0 Å². The van der Waals surface area contributed by atoms with E-state index < -0.39 is 0 Å². The zero-order chi connectivity index (χ0) is 19.1. The molecule has 1 aromatic carbocycles. The Balaban J connectivity index is 1.30. The number of piperidine rings is 1. The van der Waals surface area contributed by atoms with Gasteiger partial charge in [0, 0.05) is 18.0 Å². The highest BCUT2D eigenvalue weighted by Crippen LogP contribution is 2.23. The number of aryl methyl sites for hydroxylation is 2. The van der Waals surface area contributed by atoms with Crippen molar-refractivity contribution in [3.05, 3.63) is 51.5 Å². The van der Waals surface area contributed by atoms with Crippen LogP contribution in [0.5, 0.6) is 0 Å². The van der Waals surface area contributed by atoms with Crippen molar-refractivity contribution in [1.82, 2.24) is 15.2 Å². The molecule has 1 aromatic heterocycles. The highest BCUT2D eigenvalue weighted by Gasteiger charge is 2.21. The van der Waals surface area contributed by atoms with Gasteiger partial charge in [-0.1, -0.05) is 30.3 Å². The molecule has 146 valence electrons. The van der Waals surface area contributed by atoms with Gasteiger partial charge in [0.2, 0.25) is 5.91 Å². The Morgan fingerprint density at radius 2 is 2.00 bits per heavy atom. The van der Waals surface area contributed by atoms with E-state index in [0.717, 1.165) is 49.6 Å². The molecular weight excluding hydrogens is 358 g/mol. The number of nitrogens with zero attached hydrogens (tertiary/aromatic N) is 2. The second-order valence-electron chi connectivity index (χ2n) is 7.24. The predicted octanol–water partition coefficient (Wildman–Crippen LogP) is 3.30. The number of benzene rings is 1. The van der Waals surface area contributed by atoms with E-state index in [9.17, 15) is 4.79 Å². The third-order valence-electron chi connectivity index (χ3n) is 5.01. The smallest absolute Gasteiger partial charge is 0.246 e. The van der Waals surface area contributed by atoms with E-state index in [0.29, 0.717) is 12.5 Å². The maximum Gasteiger partial charge on any atom is 0.246 e. The van der Waals surface area contributed by atoms with Gasteiger partial charge in [-0.15, -0.1) is 11.3 Å². The van der Waals surface area contributed by atoms with Crippen LogP contribution in [0.25, 0.3) is 0 Å². The van der Waals surface area contributed by atoms with E-state index in [4.69, 9.17) is 4.74 Å². The fraction of sp³-hybridized carbons (Fsp3) is 0.524. The van der Waals surface area contributed by atoms with Crippen molar-refractivity contribution in [3.63, 3.8) is 0 Å². The predicted molar refractivity (Wildman–Crippen MR) is 109 cm³/mol. The van der Waals surface area contributed by atoms with Crippen molar-refractivity contribution in [1.29, 1.82) is 0 Å². The van der Waals surface area contributed by atoms with Gasteiger partial charge < -0.3 is 10.1 Å². The number of nitrogens with one attached hydrogen (secondary N) is 1. The molecule has 1 fully saturated rings. The lowest BCUT2D eigenvalue weighted by atomic mass is 9.96. The number of amides is 1. The summed E-state index contributed by atoms with van der Waals surface area (Å²) in [5.41, 5.74) is 2.26. The summed E-state index contributed by atoms with van der Waals surface area (Å²) in [6.45, 7) is 8.69. The van der Waals surface area contributed by atoms with Crippen molar-refractivity contribution in [2.45, 2.75) is 39.8 Å². The zero-order valence-corrected chi connectivity index (χ0v) is 17.1. The maximum absolute atomic E-state index is 12.0. The van der Waals surface area contributed by atoms with Gasteiger partial charge in [0.15, 0.2) is 0 Å². The Labute approximate surface area is 165 Å². The van der Waals surface area contributed by atoms with Crippen molar-refractivity contribution < 1.29 is 9.53 Å². The number of hydrogen-bond acceptors (Lipinski definition) is 5. The third kappa shape index (κ3) is 6.41. The molecule has 2 heterocycles. The molecule has 27 heavy (non-hydrogen) atoms. The van der Waals surface area contributed by atoms with Crippen LogP contribution in [0.15, 0.2) is 30.3 Å². The topological polar surface area (TPSA) is 54.5 Å². The number of thiazole rings is 1. The Morgan fingerprint density at radius 1 is 1.26 bits per heavy atom. The lowest BCUT2D eigenvalue weighted by Crippen LogP contribution is -2.39. The summed E-state index contributed by atoms with van der Waals surface area (Å²) in [5.74, 6) is 0.535. The van der Waals surface area contributed by atoms with Crippen LogP contribution in [0, 0.1) is 19.8 Å². The van der Waals surface area contributed by atoms with Crippen LogP contribution in [-0.4, -0.2) is 42.0 Å². The first-order chi connectivity index (χ1) is 13.1. The minimum atomic E-state index is -0.0240. The molecular formula is C21H29N3O2S. The molecule has 1 amide bonds. The Kier molecular flexibility index (Phi) is 7.38. The van der Waals surface area contributed by atoms with Crippen molar-refractivity contribution in [2.75, 3.05) is 26.2 Å². The average Bonchev–Trinajstić information content (AvgIpc) is 2.99. The SMILES string of the molecule is Cc1nc(C)c(CN2CCC(CNC(=O)COCc3ccccc3)CC2)s1. The molecule has 0 radical (unpaired) electrons. The van der Waals surface area contributed by atoms with E-state index in [-0.39, 0.29) is 12.5 Å². The highest BCUT2D eigenvalue weighted by atomic mass is 32.1. The number of hydrogen-bond donors (Lipinski definition) is 1. The molecule has 5 nitrogen and oxygen atoms in total. The minimum Gasteiger partial charge on any atom is -0.367 e. The number of carbonyl (C=O) groups is 1. The van der Waals surface area contributed by atoms with Crippen LogP contribution in [-0.2, 0) is 22.7 Å². The van der Waals surface area contributed by atoms with E-state index in [1.54, 1.807) is 11.3 Å². The fourth-order valence-corrected chi connectivity index (χ4v) is 4.40. The fourth-order valence-electron chi connectivity index (χ4n) is 3.42. The molecule has 0 spiro atoms. The third-order valence-corrected chi connectivity index (χ3v) is 6.06. The van der Waals surface area contributed by atoms with Gasteiger partial charge in [0.25, 0.3) is 0 Å². The van der Waals surface area contributed by atoms with Gasteiger partial charge in [0.1, 0.15) is 6.61 Å². The largest absolute Gasteiger partial charge is 0.367 e. The van der Waals surface area contributed by atoms with Gasteiger partial charge in [-0.25, -0.2) is 4.98 Å². The normalized spacial score (nSPS) is 15.8. The van der Waals surface area contributed by atoms with Crippen LogP contribution in [0.2, 0.25) is 0 Å². The first kappa shape index (κ1) is 20.0. The summed E-state index contributed by atoms with van der Waals surface area (Å²) in [5, 5.41) is 4.17. The van der Waals surface area contributed by atoms with Crippen molar-refractivity contribution in [3.8, 4) is 0 Å². The van der Waals surface area contributed by atoms with E-state index in [2.05, 4.69) is 29.0 Å². The van der Waals surface area contributed by atoms with Gasteiger partial charge in [-0.05, 0) is 51.3 Å². The number of ether oxygens (including phenoxy) is 1. The van der Waals surface area contributed by atoms with Crippen LogP contribution >= 0.6 is 11.3 Å². The minimum absolute atomic E-state index is 0.0240. The van der Waals surface area contributed by atoms with Gasteiger partial charge >= 0.3 is 0 Å². The Bertz CT molecular complexity index is 724. The molecule has 0 aliphatic carbocycles. The molecule has 0 unspecified atom stereocenters. The standard InChI is InChI=1S/C21H29N3O2S/c1-16-20(27-17(2)23-16)13-24-10-8-18(9-11-24)12-22-21(25)15-26-14-19-6-4-3-5-7-19/h3-7,18H,8-15H2,1-2H3,(H,22,25). The average molecular weight is 388 g/mol. The first-order valence-electron chi connectivity index (χ1n) is 9.64. The molecule has 0 saturated carbocycles. The van der Waals surface area contributed by atoms with Crippen molar-refractivity contribution >= 4 is 17.2 Å². The summed E-state index contributed by atoms with van der Waals surface area (Å²) < 4.78 is 5.49. The van der Waals surface area contributed by atoms with Crippen LogP contribution in [0.1, 0.15) is 34.0 Å². The summed E-state index contributed by atoms with van der Waals surface area (Å²) in [6, 6.07) is 9.92. The number of likely N-dealkylation sites (tertiary alicyclic amines) is 1. The molecule has 6 heteroatoms. The quantitative estimate of drug-likeness (QED) is 0.755. The molecule has 3 rings (SSSR count). The van der Waals surface area contributed by atoms with Gasteiger partial charge in [-0.2, -0.15) is 0 Å². The molecule has 1 saturated heterocycles. The van der Waals surface area contributed by atoms with Crippen LogP contribution in [0.4, 0.5) is 0 Å². The maximum atomic E-state index is 12.0. The van der Waals surface area contributed by atoms with E-state index in [1.165, 1.54) is 10.6 Å². The molecule has 0 bridgehead atoms. The Hall–Kier alpha value is -1.76. The van der Waals surface area contributed by atoms with Crippen LogP contribution < -0.4 is 5.32 Å². The summed E-state index contributed by atoms with van der Waals surface area (Å²) in [7, 11) is 0. The summed E-state index contributed by atoms with van der Waals surface area (Å²) in [4.78, 5) is 20.4. The lowest BCUT2D eigenvalue weighted by Gasteiger charge is -2.31. The second-order valence-corrected chi connectivity index (χ2v) is 8.53. The zero-order valence-electron chi connectivity index (χ0n) is 16.2. The van der Waals surface area contributed by atoms with Crippen molar-refractivity contribution in [2.24, 2.45) is 5.92 Å². The molecule has 1 N–H and O–H groups in total. The molecule has 0 atom stereocenters. The molecule has 1 aliphatic heterocycles. The van der Waals surface area contributed by atoms with Gasteiger partial charge in [0.05, 0.1) is 17.3 Å². The molecule has 1 aliphatic rings. The summed E-state index contributed by atoms with van der Waals surface area (Å²) >= 11 is 1.81. The number of aromatic nitrogens is 1. The first-order valence-corrected chi connectivity index (χ1v) is 10.5. The van der Waals surface area contributed by atoms with E-state index in [1.807, 2.05) is 30.3 Å².